The van der Waals surface area contributed by atoms with Crippen molar-refractivity contribution in [3.05, 3.63) is 18.2 Å². The highest BCUT2D eigenvalue weighted by Crippen LogP contribution is 2.28. The Bertz CT molecular complexity index is 455. The van der Waals surface area contributed by atoms with Gasteiger partial charge >= 0.3 is 0 Å². The Morgan fingerprint density at radius 1 is 1.35 bits per heavy atom. The van der Waals surface area contributed by atoms with E-state index in [9.17, 15) is 0 Å². The number of ether oxygens (including phenoxy) is 2. The first kappa shape index (κ1) is 16.1. The molecule has 1 aromatic rings. The van der Waals surface area contributed by atoms with Crippen LogP contribution in [0, 0.1) is 11.3 Å². The average molecular weight is 277 g/mol. The minimum Gasteiger partial charge on any atom is -0.489 e. The largest absolute Gasteiger partial charge is 0.489 e. The quantitative estimate of drug-likeness (QED) is 0.739. The van der Waals surface area contributed by atoms with Gasteiger partial charge in [-0.2, -0.15) is 5.26 Å². The van der Waals surface area contributed by atoms with Crippen LogP contribution in [0.25, 0.3) is 0 Å². The van der Waals surface area contributed by atoms with E-state index in [1.807, 2.05) is 32.0 Å². The zero-order valence-electron chi connectivity index (χ0n) is 12.4. The third-order valence-electron chi connectivity index (χ3n) is 2.78. The molecule has 5 nitrogen and oxygen atoms in total. The number of hydrogen-bond acceptors (Lipinski definition) is 5. The van der Waals surface area contributed by atoms with Gasteiger partial charge < -0.3 is 20.1 Å². The van der Waals surface area contributed by atoms with Crippen molar-refractivity contribution < 1.29 is 9.47 Å². The molecule has 1 rings (SSSR count). The van der Waals surface area contributed by atoms with Gasteiger partial charge in [0, 0.05) is 32.0 Å². The molecule has 2 N–H and O–H groups in total. The second-order valence-corrected chi connectivity index (χ2v) is 4.78. The van der Waals surface area contributed by atoms with Crippen LogP contribution in [0.2, 0.25) is 0 Å². The Morgan fingerprint density at radius 2 is 2.10 bits per heavy atom. The lowest BCUT2D eigenvalue weighted by molar-refractivity contribution is 0.205. The molecule has 0 aliphatic heterocycles. The summed E-state index contributed by atoms with van der Waals surface area (Å²) < 4.78 is 10.8. The molecule has 20 heavy (non-hydrogen) atoms. The number of hydrogen-bond donors (Lipinski definition) is 1. The molecule has 0 radical (unpaired) electrons. The molecule has 0 aromatic heterocycles. The van der Waals surface area contributed by atoms with Gasteiger partial charge in [0.25, 0.3) is 0 Å². The molecule has 0 heterocycles. The average Bonchev–Trinajstić information content (AvgIpc) is 2.41. The molecule has 5 heteroatoms. The number of nitrogen functional groups attached to an aromatic ring is 1. The van der Waals surface area contributed by atoms with E-state index in [1.165, 1.54) is 0 Å². The Morgan fingerprint density at radius 3 is 2.70 bits per heavy atom. The summed E-state index contributed by atoms with van der Waals surface area (Å²) in [7, 11) is 1.67. The van der Waals surface area contributed by atoms with Gasteiger partial charge in [-0.15, -0.1) is 0 Å². The van der Waals surface area contributed by atoms with Crippen LogP contribution in [0.15, 0.2) is 18.2 Å². The summed E-state index contributed by atoms with van der Waals surface area (Å²) in [6, 6.07) is 7.86. The second kappa shape index (κ2) is 8.28. The minimum absolute atomic E-state index is 0.0686. The lowest BCUT2D eigenvalue weighted by Gasteiger charge is -2.24. The summed E-state index contributed by atoms with van der Waals surface area (Å²) in [5.74, 6) is 0.678. The molecule has 0 atom stereocenters. The van der Waals surface area contributed by atoms with Crippen LogP contribution in [-0.2, 0) is 4.74 Å². The molecular formula is C15H23N3O2. The molecule has 0 saturated heterocycles. The molecule has 0 bridgehead atoms. The highest BCUT2D eigenvalue weighted by molar-refractivity contribution is 5.62. The van der Waals surface area contributed by atoms with E-state index in [0.29, 0.717) is 31.0 Å². The van der Waals surface area contributed by atoms with Crippen LogP contribution in [0.3, 0.4) is 0 Å². The Kier molecular flexibility index (Phi) is 6.68. The molecule has 0 fully saturated rings. The Balaban J connectivity index is 2.91. The normalized spacial score (nSPS) is 10.3. The van der Waals surface area contributed by atoms with E-state index in [1.54, 1.807) is 7.11 Å². The van der Waals surface area contributed by atoms with Gasteiger partial charge in [0.2, 0.25) is 0 Å². The minimum atomic E-state index is 0.0686. The number of methoxy groups -OCH3 is 1. The van der Waals surface area contributed by atoms with E-state index in [0.717, 1.165) is 12.2 Å². The summed E-state index contributed by atoms with van der Waals surface area (Å²) in [6.45, 7) is 5.92. The van der Waals surface area contributed by atoms with Gasteiger partial charge in [-0.25, -0.2) is 0 Å². The second-order valence-electron chi connectivity index (χ2n) is 4.78. The summed E-state index contributed by atoms with van der Waals surface area (Å²) in [5.41, 5.74) is 7.53. The smallest absolute Gasteiger partial charge is 0.144 e. The first-order chi connectivity index (χ1) is 9.58. The number of anilines is 2. The van der Waals surface area contributed by atoms with Crippen molar-refractivity contribution >= 4 is 11.4 Å². The molecular weight excluding hydrogens is 254 g/mol. The topological polar surface area (TPSA) is 71.5 Å². The van der Waals surface area contributed by atoms with Crippen LogP contribution >= 0.6 is 0 Å². The van der Waals surface area contributed by atoms with Gasteiger partial charge in [0.15, 0.2) is 0 Å². The molecule has 0 spiro atoms. The van der Waals surface area contributed by atoms with E-state index in [-0.39, 0.29) is 6.10 Å². The van der Waals surface area contributed by atoms with Crippen molar-refractivity contribution in [2.24, 2.45) is 0 Å². The van der Waals surface area contributed by atoms with E-state index < -0.39 is 0 Å². The van der Waals surface area contributed by atoms with Gasteiger partial charge in [-0.05, 0) is 26.0 Å². The zero-order chi connectivity index (χ0) is 15.0. The number of rotatable bonds is 8. The van der Waals surface area contributed by atoms with Crippen LogP contribution in [0.1, 0.15) is 20.3 Å². The van der Waals surface area contributed by atoms with Crippen molar-refractivity contribution in [3.63, 3.8) is 0 Å². The molecule has 0 aliphatic rings. The Hall–Kier alpha value is -1.93. The van der Waals surface area contributed by atoms with E-state index in [4.69, 9.17) is 20.5 Å². The van der Waals surface area contributed by atoms with Crippen LogP contribution in [0.5, 0.6) is 5.75 Å². The van der Waals surface area contributed by atoms with E-state index in [2.05, 4.69) is 11.0 Å². The highest BCUT2D eigenvalue weighted by Gasteiger charge is 2.10. The van der Waals surface area contributed by atoms with Crippen molar-refractivity contribution in [1.29, 1.82) is 5.26 Å². The molecule has 110 valence electrons. The van der Waals surface area contributed by atoms with Crippen molar-refractivity contribution in [2.45, 2.75) is 26.4 Å². The van der Waals surface area contributed by atoms with Crippen LogP contribution < -0.4 is 15.4 Å². The number of nitrogens with two attached hydrogens (primary N) is 1. The SMILES string of the molecule is COCCN(CCC#N)c1ccc(N)c(OC(C)C)c1. The van der Waals surface area contributed by atoms with Crippen molar-refractivity contribution in [2.75, 3.05) is 37.4 Å². The summed E-state index contributed by atoms with van der Waals surface area (Å²) >= 11 is 0. The maximum absolute atomic E-state index is 8.75. The fraction of sp³-hybridized carbons (Fsp3) is 0.533. The number of nitrogens with zero attached hydrogens (tertiary/aromatic N) is 2. The van der Waals surface area contributed by atoms with E-state index >= 15 is 0 Å². The van der Waals surface area contributed by atoms with Gasteiger partial charge in [0.05, 0.1) is 30.9 Å². The predicted octanol–water partition coefficient (Wildman–Crippen LogP) is 2.42. The molecule has 0 aliphatic carbocycles. The predicted molar refractivity (Wildman–Crippen MR) is 80.9 cm³/mol. The molecule has 0 unspecified atom stereocenters. The lowest BCUT2D eigenvalue weighted by Crippen LogP contribution is -2.28. The molecule has 0 saturated carbocycles. The molecule has 0 amide bonds. The maximum atomic E-state index is 8.75. The highest BCUT2D eigenvalue weighted by atomic mass is 16.5. The van der Waals surface area contributed by atoms with Crippen LogP contribution in [0.4, 0.5) is 11.4 Å². The van der Waals surface area contributed by atoms with Crippen LogP contribution in [-0.4, -0.2) is 32.9 Å². The summed E-state index contributed by atoms with van der Waals surface area (Å²) in [5, 5.41) is 8.75. The standard InChI is InChI=1S/C15H23N3O2/c1-12(2)20-15-11-13(5-6-14(15)17)18(8-4-7-16)9-10-19-3/h5-6,11-12H,4,8-10,17H2,1-3H3. The third-order valence-corrected chi connectivity index (χ3v) is 2.78. The van der Waals surface area contributed by atoms with Crippen molar-refractivity contribution in [3.8, 4) is 11.8 Å². The van der Waals surface area contributed by atoms with Gasteiger partial charge in [0.1, 0.15) is 5.75 Å². The van der Waals surface area contributed by atoms with Gasteiger partial charge in [-0.3, -0.25) is 0 Å². The zero-order valence-corrected chi connectivity index (χ0v) is 12.4. The lowest BCUT2D eigenvalue weighted by atomic mass is 10.2. The number of benzene rings is 1. The Labute approximate surface area is 120 Å². The summed E-state index contributed by atoms with van der Waals surface area (Å²) in [4.78, 5) is 2.10. The fourth-order valence-corrected chi connectivity index (χ4v) is 1.83. The van der Waals surface area contributed by atoms with Gasteiger partial charge in [-0.1, -0.05) is 0 Å². The monoisotopic (exact) mass is 277 g/mol. The third kappa shape index (κ3) is 4.98. The van der Waals surface area contributed by atoms with Crippen molar-refractivity contribution in [1.82, 2.24) is 0 Å². The fourth-order valence-electron chi connectivity index (χ4n) is 1.83. The molecule has 1 aromatic carbocycles. The first-order valence-electron chi connectivity index (χ1n) is 6.75. The first-order valence-corrected chi connectivity index (χ1v) is 6.75. The summed E-state index contributed by atoms with van der Waals surface area (Å²) in [6.07, 6.45) is 0.535. The number of nitriles is 1. The maximum Gasteiger partial charge on any atom is 0.144 e.